The predicted octanol–water partition coefficient (Wildman–Crippen LogP) is 1.25. The van der Waals surface area contributed by atoms with Gasteiger partial charge < -0.3 is 10.6 Å². The maximum atomic E-state index is 12.2. The van der Waals surface area contributed by atoms with Crippen LogP contribution in [0.3, 0.4) is 0 Å². The highest BCUT2D eigenvalue weighted by atomic mass is 32.2. The molecule has 5 heteroatoms. The minimum atomic E-state index is -3.13. The van der Waals surface area contributed by atoms with E-state index in [0.29, 0.717) is 18.0 Å². The average Bonchev–Trinajstić information content (AvgIpc) is 2.32. The Morgan fingerprint density at radius 2 is 1.94 bits per heavy atom. The number of hydrogen-bond donors (Lipinski definition) is 1. The number of nitrogens with two attached hydrogens (primary N) is 1. The Hall–Kier alpha value is -1.07. The fourth-order valence-electron chi connectivity index (χ4n) is 2.51. The van der Waals surface area contributed by atoms with Crippen LogP contribution in [0.25, 0.3) is 0 Å². The van der Waals surface area contributed by atoms with Crippen LogP contribution in [0.2, 0.25) is 0 Å². The summed E-state index contributed by atoms with van der Waals surface area (Å²) in [5, 5.41) is 0. The lowest BCUT2D eigenvalue weighted by Crippen LogP contribution is -2.37. The molecule has 0 saturated heterocycles. The molecule has 18 heavy (non-hydrogen) atoms. The maximum Gasteiger partial charge on any atom is 0.182 e. The topological polar surface area (TPSA) is 63.4 Å². The fraction of sp³-hybridized carbons (Fsp3) is 0.538. The Kier molecular flexibility index (Phi) is 3.64. The summed E-state index contributed by atoms with van der Waals surface area (Å²) >= 11 is 0. The van der Waals surface area contributed by atoms with Crippen LogP contribution >= 0.6 is 0 Å². The van der Waals surface area contributed by atoms with Gasteiger partial charge in [-0.1, -0.05) is 12.1 Å². The Balaban J connectivity index is 2.55. The summed E-state index contributed by atoms with van der Waals surface area (Å²) in [6.45, 7) is 5.85. The zero-order valence-electron chi connectivity index (χ0n) is 10.9. The van der Waals surface area contributed by atoms with Gasteiger partial charge in [-0.3, -0.25) is 0 Å². The Morgan fingerprint density at radius 3 is 2.61 bits per heavy atom. The first-order valence-electron chi connectivity index (χ1n) is 6.25. The number of anilines is 1. The number of nitrogens with zero attached hydrogens (tertiary/aromatic N) is 1. The standard InChI is InChI=1S/C13H20N2O2S/c1-10-4-5-11(2)13-12(10)15(7-3-6-14)8-9-18(13,16)17/h4-5H,3,6-9,14H2,1-2H3. The molecule has 0 aliphatic carbocycles. The average molecular weight is 268 g/mol. The summed E-state index contributed by atoms with van der Waals surface area (Å²) in [5.41, 5.74) is 8.29. The van der Waals surface area contributed by atoms with Gasteiger partial charge in [-0.25, -0.2) is 8.42 Å². The van der Waals surface area contributed by atoms with E-state index >= 15 is 0 Å². The fourth-order valence-corrected chi connectivity index (χ4v) is 4.31. The number of aryl methyl sites for hydroxylation is 2. The molecule has 0 spiro atoms. The van der Waals surface area contributed by atoms with E-state index in [-0.39, 0.29) is 5.75 Å². The van der Waals surface area contributed by atoms with E-state index < -0.39 is 9.84 Å². The zero-order valence-corrected chi connectivity index (χ0v) is 11.8. The highest BCUT2D eigenvalue weighted by Gasteiger charge is 2.30. The molecule has 1 aromatic carbocycles. The van der Waals surface area contributed by atoms with Crippen LogP contribution in [-0.2, 0) is 9.84 Å². The van der Waals surface area contributed by atoms with Crippen LogP contribution in [0.4, 0.5) is 5.69 Å². The molecule has 0 radical (unpaired) electrons. The van der Waals surface area contributed by atoms with Crippen LogP contribution in [0.15, 0.2) is 17.0 Å². The van der Waals surface area contributed by atoms with Crippen molar-refractivity contribution in [3.8, 4) is 0 Å². The Bertz CT molecular complexity index is 552. The van der Waals surface area contributed by atoms with Gasteiger partial charge in [0.25, 0.3) is 0 Å². The molecule has 0 amide bonds. The minimum Gasteiger partial charge on any atom is -0.369 e. The van der Waals surface area contributed by atoms with Crippen molar-refractivity contribution >= 4 is 15.5 Å². The van der Waals surface area contributed by atoms with Crippen molar-refractivity contribution in [1.29, 1.82) is 0 Å². The first-order valence-corrected chi connectivity index (χ1v) is 7.90. The summed E-state index contributed by atoms with van der Waals surface area (Å²) < 4.78 is 24.4. The van der Waals surface area contributed by atoms with Gasteiger partial charge in [0.15, 0.2) is 9.84 Å². The highest BCUT2D eigenvalue weighted by molar-refractivity contribution is 7.91. The number of benzene rings is 1. The third-order valence-electron chi connectivity index (χ3n) is 3.42. The normalized spacial score (nSPS) is 17.6. The van der Waals surface area contributed by atoms with Gasteiger partial charge in [0.05, 0.1) is 16.3 Å². The van der Waals surface area contributed by atoms with Crippen LogP contribution in [-0.4, -0.2) is 33.8 Å². The van der Waals surface area contributed by atoms with Gasteiger partial charge in [-0.15, -0.1) is 0 Å². The zero-order chi connectivity index (χ0) is 13.3. The van der Waals surface area contributed by atoms with Crippen LogP contribution in [0.1, 0.15) is 17.5 Å². The van der Waals surface area contributed by atoms with Gasteiger partial charge in [0.1, 0.15) is 0 Å². The molecule has 4 nitrogen and oxygen atoms in total. The van der Waals surface area contributed by atoms with Gasteiger partial charge >= 0.3 is 0 Å². The van der Waals surface area contributed by atoms with Crippen molar-refractivity contribution in [2.45, 2.75) is 25.2 Å². The van der Waals surface area contributed by atoms with E-state index in [2.05, 4.69) is 4.90 Å². The molecule has 1 aliphatic rings. The van der Waals surface area contributed by atoms with E-state index in [0.717, 1.165) is 29.8 Å². The maximum absolute atomic E-state index is 12.2. The second-order valence-corrected chi connectivity index (χ2v) is 6.87. The number of rotatable bonds is 3. The predicted molar refractivity (Wildman–Crippen MR) is 73.9 cm³/mol. The first-order chi connectivity index (χ1) is 8.47. The first kappa shape index (κ1) is 13.4. The Labute approximate surface area is 109 Å². The molecular formula is C13H20N2O2S. The highest BCUT2D eigenvalue weighted by Crippen LogP contribution is 2.35. The van der Waals surface area contributed by atoms with Crippen LogP contribution in [0, 0.1) is 13.8 Å². The monoisotopic (exact) mass is 268 g/mol. The molecule has 0 aromatic heterocycles. The second-order valence-electron chi connectivity index (χ2n) is 4.83. The third-order valence-corrected chi connectivity index (χ3v) is 5.28. The quantitative estimate of drug-likeness (QED) is 0.896. The molecule has 1 heterocycles. The summed E-state index contributed by atoms with van der Waals surface area (Å²) in [6.07, 6.45) is 0.882. The van der Waals surface area contributed by atoms with Gasteiger partial charge in [0.2, 0.25) is 0 Å². The molecule has 1 aliphatic heterocycles. The van der Waals surface area contributed by atoms with E-state index in [9.17, 15) is 8.42 Å². The number of sulfone groups is 1. The van der Waals surface area contributed by atoms with Gasteiger partial charge in [-0.2, -0.15) is 0 Å². The SMILES string of the molecule is Cc1ccc(C)c2c1N(CCCN)CCS2(=O)=O. The van der Waals surface area contributed by atoms with Crippen molar-refractivity contribution in [1.82, 2.24) is 0 Å². The van der Waals surface area contributed by atoms with Crippen molar-refractivity contribution in [2.75, 3.05) is 30.3 Å². The smallest absolute Gasteiger partial charge is 0.182 e. The molecule has 2 N–H and O–H groups in total. The van der Waals surface area contributed by atoms with E-state index in [1.165, 1.54) is 0 Å². The number of fused-ring (bicyclic) bond motifs is 1. The summed E-state index contributed by atoms with van der Waals surface area (Å²) in [6, 6.07) is 3.88. The second kappa shape index (κ2) is 4.90. The van der Waals surface area contributed by atoms with E-state index in [1.807, 2.05) is 26.0 Å². The van der Waals surface area contributed by atoms with Crippen molar-refractivity contribution in [2.24, 2.45) is 5.73 Å². The van der Waals surface area contributed by atoms with E-state index in [4.69, 9.17) is 5.73 Å². The molecule has 0 bridgehead atoms. The van der Waals surface area contributed by atoms with Gasteiger partial charge in [0, 0.05) is 13.1 Å². The van der Waals surface area contributed by atoms with Crippen molar-refractivity contribution in [3.63, 3.8) is 0 Å². The lowest BCUT2D eigenvalue weighted by molar-refractivity contribution is 0.587. The third kappa shape index (κ3) is 2.24. The Morgan fingerprint density at radius 1 is 1.28 bits per heavy atom. The van der Waals surface area contributed by atoms with Crippen molar-refractivity contribution in [3.05, 3.63) is 23.3 Å². The molecule has 0 fully saturated rings. The van der Waals surface area contributed by atoms with Crippen molar-refractivity contribution < 1.29 is 8.42 Å². The summed E-state index contributed by atoms with van der Waals surface area (Å²) in [4.78, 5) is 2.68. The lowest BCUT2D eigenvalue weighted by Gasteiger charge is -2.33. The van der Waals surface area contributed by atoms with E-state index in [1.54, 1.807) is 0 Å². The minimum absolute atomic E-state index is 0.203. The molecule has 0 saturated carbocycles. The summed E-state index contributed by atoms with van der Waals surface area (Å²) in [5.74, 6) is 0.203. The number of hydrogen-bond acceptors (Lipinski definition) is 4. The molecule has 0 unspecified atom stereocenters. The molecular weight excluding hydrogens is 248 g/mol. The molecule has 100 valence electrons. The molecule has 0 atom stereocenters. The molecule has 1 aromatic rings. The van der Waals surface area contributed by atoms with Crippen LogP contribution in [0.5, 0.6) is 0 Å². The largest absolute Gasteiger partial charge is 0.369 e. The lowest BCUT2D eigenvalue weighted by atomic mass is 10.1. The van der Waals surface area contributed by atoms with Crippen LogP contribution < -0.4 is 10.6 Å². The summed E-state index contributed by atoms with van der Waals surface area (Å²) in [7, 11) is -3.13. The molecule has 2 rings (SSSR count). The van der Waals surface area contributed by atoms with Gasteiger partial charge in [-0.05, 0) is 37.9 Å².